The quantitative estimate of drug-likeness (QED) is 0.604. The van der Waals surface area contributed by atoms with E-state index in [1.54, 1.807) is 44.3 Å². The average molecular weight is 364 g/mol. The molecule has 132 valence electrons. The topological polar surface area (TPSA) is 82.5 Å². The molecule has 1 aromatic heterocycles. The van der Waals surface area contributed by atoms with Gasteiger partial charge in [0.2, 0.25) is 0 Å². The van der Waals surface area contributed by atoms with Crippen LogP contribution in [0.2, 0.25) is 5.02 Å². The molecule has 0 unspecified atom stereocenters. The number of rotatable bonds is 7. The molecule has 0 bridgehead atoms. The number of hydrogen-bond acceptors (Lipinski definition) is 5. The summed E-state index contributed by atoms with van der Waals surface area (Å²) in [5.41, 5.74) is 0.560. The number of esters is 1. The number of carbonyl (C=O) groups excluding carboxylic acids is 2. The molecular formula is C17H18ClN3O4. The van der Waals surface area contributed by atoms with Gasteiger partial charge in [0.25, 0.3) is 5.91 Å². The number of nitrogens with one attached hydrogen (secondary N) is 1. The molecule has 1 amide bonds. The first kappa shape index (κ1) is 18.5. The van der Waals surface area contributed by atoms with Crippen molar-refractivity contribution in [3.8, 4) is 5.75 Å². The Morgan fingerprint density at radius 2 is 2.08 bits per heavy atom. The lowest BCUT2D eigenvalue weighted by molar-refractivity contribution is -0.137. The van der Waals surface area contributed by atoms with E-state index in [1.165, 1.54) is 10.8 Å². The van der Waals surface area contributed by atoms with Crippen LogP contribution in [0, 0.1) is 0 Å². The Bertz CT molecular complexity index is 786. The van der Waals surface area contributed by atoms with Crippen LogP contribution in [-0.4, -0.2) is 28.3 Å². The Kier molecular flexibility index (Phi) is 6.59. The Labute approximate surface area is 150 Å². The number of aromatic nitrogens is 2. The van der Waals surface area contributed by atoms with Gasteiger partial charge in [-0.15, -0.1) is 0 Å². The molecule has 0 aliphatic heterocycles. The van der Waals surface area contributed by atoms with Crippen LogP contribution in [0.1, 0.15) is 24.3 Å². The maximum absolute atomic E-state index is 12.1. The number of para-hydroxylation sites is 1. The Balaban J connectivity index is 1.93. The lowest BCUT2D eigenvalue weighted by Gasteiger charge is -2.07. The summed E-state index contributed by atoms with van der Waals surface area (Å²) in [6.45, 7) is 3.67. The number of amides is 1. The molecule has 0 spiro atoms. The minimum Gasteiger partial charge on any atom is -0.470 e. The summed E-state index contributed by atoms with van der Waals surface area (Å²) in [4.78, 5) is 23.4. The summed E-state index contributed by atoms with van der Waals surface area (Å²) in [5.74, 6) is -0.424. The van der Waals surface area contributed by atoms with E-state index in [9.17, 15) is 9.59 Å². The van der Waals surface area contributed by atoms with Gasteiger partial charge in [-0.3, -0.25) is 4.79 Å². The van der Waals surface area contributed by atoms with Crippen molar-refractivity contribution >= 4 is 23.5 Å². The molecule has 0 aliphatic rings. The number of allylic oxidation sites excluding steroid dienone is 1. The van der Waals surface area contributed by atoms with Gasteiger partial charge in [0.15, 0.2) is 12.4 Å². The van der Waals surface area contributed by atoms with E-state index in [0.29, 0.717) is 16.5 Å². The minimum atomic E-state index is -0.515. The molecule has 1 aromatic carbocycles. The molecule has 0 fully saturated rings. The fourth-order valence-electron chi connectivity index (χ4n) is 1.89. The Morgan fingerprint density at radius 1 is 1.32 bits per heavy atom. The van der Waals surface area contributed by atoms with Gasteiger partial charge < -0.3 is 14.8 Å². The molecule has 0 aliphatic carbocycles. The zero-order chi connectivity index (χ0) is 18.2. The van der Waals surface area contributed by atoms with Gasteiger partial charge in [-0.1, -0.05) is 23.7 Å². The van der Waals surface area contributed by atoms with E-state index >= 15 is 0 Å². The van der Waals surface area contributed by atoms with Crippen LogP contribution in [0.25, 0.3) is 0 Å². The molecule has 2 aromatic rings. The highest BCUT2D eigenvalue weighted by atomic mass is 35.5. The molecule has 25 heavy (non-hydrogen) atoms. The number of carbonyl (C=O) groups is 2. The molecule has 0 atom stereocenters. The lowest BCUT2D eigenvalue weighted by Crippen LogP contribution is -2.23. The average Bonchev–Trinajstić information content (AvgIpc) is 3.03. The molecule has 0 saturated carbocycles. The molecule has 7 nitrogen and oxygen atoms in total. The first-order valence-corrected chi connectivity index (χ1v) is 7.94. The molecule has 8 heteroatoms. The van der Waals surface area contributed by atoms with Crippen LogP contribution in [-0.2, 0) is 16.3 Å². The van der Waals surface area contributed by atoms with Gasteiger partial charge in [0, 0.05) is 18.0 Å². The zero-order valence-corrected chi connectivity index (χ0v) is 14.6. The molecule has 0 saturated heterocycles. The second kappa shape index (κ2) is 8.89. The Hall–Kier alpha value is -2.80. The zero-order valence-electron chi connectivity index (χ0n) is 13.9. The van der Waals surface area contributed by atoms with E-state index in [-0.39, 0.29) is 19.0 Å². The summed E-state index contributed by atoms with van der Waals surface area (Å²) >= 11 is 6.00. The fourth-order valence-corrected chi connectivity index (χ4v) is 2.08. The SMILES string of the molecule is CCOC(=O)/C=C(\C)NC(=O)c1ccn(COc2ccccc2Cl)n1. The van der Waals surface area contributed by atoms with Crippen LogP contribution in [0.3, 0.4) is 0 Å². The highest BCUT2D eigenvalue weighted by Crippen LogP contribution is 2.23. The molecule has 1 heterocycles. The number of hydrogen-bond donors (Lipinski definition) is 1. The van der Waals surface area contributed by atoms with Crippen LogP contribution in [0.4, 0.5) is 0 Å². The van der Waals surface area contributed by atoms with Gasteiger partial charge in [0.05, 0.1) is 11.6 Å². The van der Waals surface area contributed by atoms with Crippen molar-refractivity contribution < 1.29 is 19.1 Å². The van der Waals surface area contributed by atoms with Crippen LogP contribution < -0.4 is 10.1 Å². The summed E-state index contributed by atoms with van der Waals surface area (Å²) in [7, 11) is 0. The van der Waals surface area contributed by atoms with Gasteiger partial charge >= 0.3 is 5.97 Å². The third-order valence-corrected chi connectivity index (χ3v) is 3.31. The smallest absolute Gasteiger partial charge is 0.332 e. The number of ether oxygens (including phenoxy) is 2. The summed E-state index contributed by atoms with van der Waals surface area (Å²) in [5, 5.41) is 7.17. The van der Waals surface area contributed by atoms with E-state index in [0.717, 1.165) is 0 Å². The van der Waals surface area contributed by atoms with E-state index < -0.39 is 11.9 Å². The summed E-state index contributed by atoms with van der Waals surface area (Å²) in [6, 6.07) is 8.61. The van der Waals surface area contributed by atoms with Gasteiger partial charge in [-0.05, 0) is 32.0 Å². The van der Waals surface area contributed by atoms with E-state index in [2.05, 4.69) is 10.4 Å². The first-order chi connectivity index (χ1) is 12.0. The predicted molar refractivity (Wildman–Crippen MR) is 92.2 cm³/mol. The normalized spacial score (nSPS) is 11.1. The van der Waals surface area contributed by atoms with Crippen LogP contribution in [0.15, 0.2) is 48.3 Å². The maximum Gasteiger partial charge on any atom is 0.332 e. The number of halogens is 1. The standard InChI is InChI=1S/C17H18ClN3O4/c1-3-24-16(22)10-12(2)19-17(23)14-8-9-21(20-14)11-25-15-7-5-4-6-13(15)18/h4-10H,3,11H2,1-2H3,(H,19,23)/b12-10+. The Morgan fingerprint density at radius 3 is 2.80 bits per heavy atom. The van der Waals surface area contributed by atoms with Gasteiger partial charge in [-0.2, -0.15) is 5.10 Å². The van der Waals surface area contributed by atoms with Crippen molar-refractivity contribution in [1.82, 2.24) is 15.1 Å². The molecule has 0 radical (unpaired) electrons. The largest absolute Gasteiger partial charge is 0.470 e. The van der Waals surface area contributed by atoms with Crippen LogP contribution in [0.5, 0.6) is 5.75 Å². The summed E-state index contributed by atoms with van der Waals surface area (Å²) in [6.07, 6.45) is 2.81. The van der Waals surface area contributed by atoms with Crippen molar-refractivity contribution in [3.63, 3.8) is 0 Å². The number of nitrogens with zero attached hydrogens (tertiary/aromatic N) is 2. The third-order valence-electron chi connectivity index (χ3n) is 2.99. The van der Waals surface area contributed by atoms with Gasteiger partial charge in [0.1, 0.15) is 5.75 Å². The van der Waals surface area contributed by atoms with Crippen molar-refractivity contribution in [2.45, 2.75) is 20.6 Å². The van der Waals surface area contributed by atoms with Crippen molar-refractivity contribution in [1.29, 1.82) is 0 Å². The second-order valence-corrected chi connectivity index (χ2v) is 5.39. The number of benzene rings is 1. The summed E-state index contributed by atoms with van der Waals surface area (Å²) < 4.78 is 11.8. The van der Waals surface area contributed by atoms with Crippen molar-refractivity contribution in [2.24, 2.45) is 0 Å². The monoisotopic (exact) mass is 363 g/mol. The van der Waals surface area contributed by atoms with E-state index in [1.807, 2.05) is 6.07 Å². The lowest BCUT2D eigenvalue weighted by atomic mass is 10.3. The van der Waals surface area contributed by atoms with Crippen molar-refractivity contribution in [2.75, 3.05) is 6.61 Å². The highest BCUT2D eigenvalue weighted by molar-refractivity contribution is 6.32. The predicted octanol–water partition coefficient (Wildman–Crippen LogP) is 2.77. The van der Waals surface area contributed by atoms with Crippen molar-refractivity contribution in [3.05, 3.63) is 59.0 Å². The highest BCUT2D eigenvalue weighted by Gasteiger charge is 2.11. The molecular weight excluding hydrogens is 346 g/mol. The van der Waals surface area contributed by atoms with E-state index in [4.69, 9.17) is 21.1 Å². The van der Waals surface area contributed by atoms with Crippen LogP contribution >= 0.6 is 11.6 Å². The molecule has 1 N–H and O–H groups in total. The second-order valence-electron chi connectivity index (χ2n) is 4.98. The minimum absolute atomic E-state index is 0.106. The van der Waals surface area contributed by atoms with Gasteiger partial charge in [-0.25, -0.2) is 9.48 Å². The third kappa shape index (κ3) is 5.65. The maximum atomic E-state index is 12.1. The first-order valence-electron chi connectivity index (χ1n) is 7.56. The molecule has 2 rings (SSSR count). The fraction of sp³-hybridized carbons (Fsp3) is 0.235.